The molecule has 0 bridgehead atoms. The third-order valence-electron chi connectivity index (χ3n) is 3.88. The monoisotopic (exact) mass is 262 g/mol. The van der Waals surface area contributed by atoms with Crippen LogP contribution in [0.5, 0.6) is 0 Å². The maximum atomic E-state index is 9.15. The van der Waals surface area contributed by atoms with E-state index in [1.54, 1.807) is 0 Å². The molecule has 1 heterocycles. The van der Waals surface area contributed by atoms with Crippen LogP contribution in [-0.4, -0.2) is 12.1 Å². The van der Waals surface area contributed by atoms with E-state index in [-0.39, 0.29) is 11.5 Å². The van der Waals surface area contributed by atoms with Crippen LogP contribution < -0.4 is 4.90 Å². The second kappa shape index (κ2) is 4.82. The van der Waals surface area contributed by atoms with Gasteiger partial charge in [0.15, 0.2) is 0 Å². The van der Waals surface area contributed by atoms with E-state index in [4.69, 9.17) is 16.9 Å². The van der Waals surface area contributed by atoms with Crippen molar-refractivity contribution in [3.8, 4) is 6.07 Å². The minimum absolute atomic E-state index is 0.0861. The normalized spacial score (nSPS) is 22.6. The molecule has 1 fully saturated rings. The van der Waals surface area contributed by atoms with Gasteiger partial charge in [0.25, 0.3) is 0 Å². The maximum Gasteiger partial charge on any atom is 0.0674 e. The molecule has 0 amide bonds. The van der Waals surface area contributed by atoms with Crippen LogP contribution in [-0.2, 0) is 0 Å². The lowest BCUT2D eigenvalue weighted by Crippen LogP contribution is -2.50. The predicted octanol–water partition coefficient (Wildman–Crippen LogP) is 4.17. The van der Waals surface area contributed by atoms with E-state index < -0.39 is 0 Å². The van der Waals surface area contributed by atoms with E-state index in [1.165, 1.54) is 5.56 Å². The Kier molecular flexibility index (Phi) is 3.54. The van der Waals surface area contributed by atoms with Crippen molar-refractivity contribution >= 4 is 17.3 Å². The molecule has 96 valence electrons. The van der Waals surface area contributed by atoms with Crippen molar-refractivity contribution in [2.24, 2.45) is 5.92 Å². The first-order valence-electron chi connectivity index (χ1n) is 6.37. The van der Waals surface area contributed by atoms with Gasteiger partial charge in [-0.1, -0.05) is 17.7 Å². The molecular formula is C15H19ClN2. The van der Waals surface area contributed by atoms with Crippen LogP contribution in [0.1, 0.15) is 32.3 Å². The zero-order valence-electron chi connectivity index (χ0n) is 11.2. The summed E-state index contributed by atoms with van der Waals surface area (Å²) >= 11 is 6.11. The van der Waals surface area contributed by atoms with Gasteiger partial charge in [-0.25, -0.2) is 0 Å². The first-order chi connectivity index (χ1) is 8.44. The van der Waals surface area contributed by atoms with Crippen LogP contribution >= 0.6 is 11.6 Å². The molecule has 1 aliphatic rings. The maximum absolute atomic E-state index is 9.15. The lowest BCUT2D eigenvalue weighted by Gasteiger charge is -2.46. The van der Waals surface area contributed by atoms with E-state index in [0.717, 1.165) is 30.1 Å². The summed E-state index contributed by atoms with van der Waals surface area (Å²) in [4.78, 5) is 2.34. The minimum atomic E-state index is 0.0861. The van der Waals surface area contributed by atoms with Crippen LogP contribution in [0.4, 0.5) is 5.69 Å². The number of benzene rings is 1. The fraction of sp³-hybridized carbons (Fsp3) is 0.533. The average molecular weight is 263 g/mol. The molecule has 18 heavy (non-hydrogen) atoms. The van der Waals surface area contributed by atoms with E-state index in [0.29, 0.717) is 0 Å². The fourth-order valence-corrected chi connectivity index (χ4v) is 2.79. The quantitative estimate of drug-likeness (QED) is 0.760. The van der Waals surface area contributed by atoms with Crippen LogP contribution in [0.25, 0.3) is 0 Å². The minimum Gasteiger partial charge on any atom is -0.365 e. The zero-order chi connectivity index (χ0) is 13.3. The van der Waals surface area contributed by atoms with Crippen LogP contribution in [0, 0.1) is 24.2 Å². The Bertz CT molecular complexity index is 488. The Labute approximate surface area is 114 Å². The second-order valence-electron chi connectivity index (χ2n) is 5.72. The molecule has 1 saturated heterocycles. The first-order valence-corrected chi connectivity index (χ1v) is 6.75. The molecule has 0 radical (unpaired) electrons. The lowest BCUT2D eigenvalue weighted by molar-refractivity contribution is 0.325. The van der Waals surface area contributed by atoms with Gasteiger partial charge in [-0.15, -0.1) is 0 Å². The molecule has 2 rings (SSSR count). The topological polar surface area (TPSA) is 27.0 Å². The van der Waals surface area contributed by atoms with E-state index in [2.05, 4.69) is 31.7 Å². The van der Waals surface area contributed by atoms with Gasteiger partial charge in [0.1, 0.15) is 0 Å². The number of nitrogens with zero attached hydrogens (tertiary/aromatic N) is 2. The van der Waals surface area contributed by atoms with Crippen molar-refractivity contribution in [2.45, 2.75) is 39.2 Å². The summed E-state index contributed by atoms with van der Waals surface area (Å²) in [5, 5.41) is 9.90. The van der Waals surface area contributed by atoms with Crippen molar-refractivity contribution in [1.29, 1.82) is 5.26 Å². The standard InChI is InChI=1S/C15H19ClN2/c1-11-4-5-13(16)8-14(11)18-10-12(9-17)6-7-15(18,2)3/h4-5,8,12H,6-7,10H2,1-3H3. The molecule has 0 spiro atoms. The first kappa shape index (κ1) is 13.2. The molecule has 1 aliphatic heterocycles. The van der Waals surface area contributed by atoms with Gasteiger partial charge >= 0.3 is 0 Å². The summed E-state index contributed by atoms with van der Waals surface area (Å²) in [6.45, 7) is 7.37. The summed E-state index contributed by atoms with van der Waals surface area (Å²) in [5.41, 5.74) is 2.46. The van der Waals surface area contributed by atoms with Crippen LogP contribution in [0.2, 0.25) is 5.02 Å². The van der Waals surface area contributed by atoms with Gasteiger partial charge < -0.3 is 4.90 Å². The number of anilines is 1. The summed E-state index contributed by atoms with van der Waals surface area (Å²) in [5.74, 6) is 0.122. The third-order valence-corrected chi connectivity index (χ3v) is 4.12. The molecule has 3 heteroatoms. The Hall–Kier alpha value is -1.20. The Morgan fingerprint density at radius 3 is 2.83 bits per heavy atom. The smallest absolute Gasteiger partial charge is 0.0674 e. The number of hydrogen-bond donors (Lipinski definition) is 0. The van der Waals surface area contributed by atoms with Crippen molar-refractivity contribution in [2.75, 3.05) is 11.4 Å². The predicted molar refractivity (Wildman–Crippen MR) is 76.0 cm³/mol. The van der Waals surface area contributed by atoms with Crippen LogP contribution in [0.15, 0.2) is 18.2 Å². The van der Waals surface area contributed by atoms with E-state index in [1.807, 2.05) is 18.2 Å². The fourth-order valence-electron chi connectivity index (χ4n) is 2.62. The Morgan fingerprint density at radius 1 is 1.44 bits per heavy atom. The van der Waals surface area contributed by atoms with Crippen LogP contribution in [0.3, 0.4) is 0 Å². The highest BCUT2D eigenvalue weighted by Crippen LogP contribution is 2.37. The van der Waals surface area contributed by atoms with Gasteiger partial charge in [0.2, 0.25) is 0 Å². The number of halogens is 1. The van der Waals surface area contributed by atoms with E-state index in [9.17, 15) is 0 Å². The van der Waals surface area contributed by atoms with Gasteiger partial charge in [0, 0.05) is 22.8 Å². The molecule has 0 saturated carbocycles. The number of nitriles is 1. The van der Waals surface area contributed by atoms with Gasteiger partial charge in [-0.05, 0) is 51.3 Å². The van der Waals surface area contributed by atoms with Gasteiger partial charge in [0.05, 0.1) is 12.0 Å². The molecule has 1 atom stereocenters. The number of rotatable bonds is 1. The SMILES string of the molecule is Cc1ccc(Cl)cc1N1CC(C#N)CCC1(C)C. The van der Waals surface area contributed by atoms with Crippen molar-refractivity contribution in [3.05, 3.63) is 28.8 Å². The molecule has 0 aliphatic carbocycles. The van der Waals surface area contributed by atoms with Crippen molar-refractivity contribution < 1.29 is 0 Å². The second-order valence-corrected chi connectivity index (χ2v) is 6.15. The molecule has 1 aromatic carbocycles. The highest BCUT2D eigenvalue weighted by molar-refractivity contribution is 6.30. The molecule has 1 aromatic rings. The van der Waals surface area contributed by atoms with Gasteiger partial charge in [-0.2, -0.15) is 5.26 Å². The Balaban J connectivity index is 2.39. The summed E-state index contributed by atoms with van der Waals surface area (Å²) in [7, 11) is 0. The molecule has 0 N–H and O–H groups in total. The average Bonchev–Trinajstić information content (AvgIpc) is 2.32. The molecule has 2 nitrogen and oxygen atoms in total. The number of hydrogen-bond acceptors (Lipinski definition) is 2. The zero-order valence-corrected chi connectivity index (χ0v) is 12.0. The molecule has 0 aromatic heterocycles. The Morgan fingerprint density at radius 2 is 2.17 bits per heavy atom. The summed E-state index contributed by atoms with van der Waals surface area (Å²) in [6, 6.07) is 8.37. The van der Waals surface area contributed by atoms with Crippen molar-refractivity contribution in [3.63, 3.8) is 0 Å². The highest BCUT2D eigenvalue weighted by Gasteiger charge is 2.34. The van der Waals surface area contributed by atoms with Crippen molar-refractivity contribution in [1.82, 2.24) is 0 Å². The van der Waals surface area contributed by atoms with E-state index >= 15 is 0 Å². The number of aryl methyl sites for hydroxylation is 1. The third kappa shape index (κ3) is 2.47. The lowest BCUT2D eigenvalue weighted by atomic mass is 9.84. The van der Waals surface area contributed by atoms with Gasteiger partial charge in [-0.3, -0.25) is 0 Å². The number of piperidine rings is 1. The summed E-state index contributed by atoms with van der Waals surface area (Å²) in [6.07, 6.45) is 2.02. The highest BCUT2D eigenvalue weighted by atomic mass is 35.5. The molecule has 1 unspecified atom stereocenters. The molecular weight excluding hydrogens is 244 g/mol. The largest absolute Gasteiger partial charge is 0.365 e. The summed E-state index contributed by atoms with van der Waals surface area (Å²) < 4.78 is 0.